The molecule has 0 amide bonds. The van der Waals surface area contributed by atoms with Crippen molar-refractivity contribution in [3.63, 3.8) is 0 Å². The second-order valence-corrected chi connectivity index (χ2v) is 4.20. The van der Waals surface area contributed by atoms with Gasteiger partial charge in [0.15, 0.2) is 5.82 Å². The third-order valence-corrected chi connectivity index (χ3v) is 2.77. The molecule has 2 N–H and O–H groups in total. The van der Waals surface area contributed by atoms with Crippen LogP contribution in [0.5, 0.6) is 0 Å². The summed E-state index contributed by atoms with van der Waals surface area (Å²) in [5.74, 6) is 2.29. The fraction of sp³-hybridized carbons (Fsp3) is 0.333. The molecule has 5 nitrogen and oxygen atoms in total. The molecule has 1 heterocycles. The Morgan fingerprint density at radius 3 is 2.55 bits per heavy atom. The summed E-state index contributed by atoms with van der Waals surface area (Å²) in [6.45, 7) is 4.10. The lowest BCUT2D eigenvalue weighted by Gasteiger charge is -2.10. The molecule has 0 aliphatic heterocycles. The van der Waals surface area contributed by atoms with Crippen LogP contribution in [0.3, 0.4) is 0 Å². The van der Waals surface area contributed by atoms with E-state index >= 15 is 0 Å². The van der Waals surface area contributed by atoms with Crippen molar-refractivity contribution in [1.29, 1.82) is 0 Å². The molecule has 0 unspecified atom stereocenters. The molecule has 0 bridgehead atoms. The molecule has 0 saturated heterocycles. The standard InChI is InChI=1S/C15H20N4O/c1-3-20-10-9-17-14-11-13(16-2)18-15(19-14)12-7-5-4-6-8-12/h4-8,11H,3,9-10H2,1-2H3,(H2,16,17,18,19). The van der Waals surface area contributed by atoms with Crippen LogP contribution in [0, 0.1) is 0 Å². The van der Waals surface area contributed by atoms with Crippen LogP contribution in [-0.4, -0.2) is 36.8 Å². The Balaban J connectivity index is 2.16. The molecule has 1 aromatic heterocycles. The first kappa shape index (κ1) is 14.3. The number of aromatic nitrogens is 2. The van der Waals surface area contributed by atoms with E-state index in [0.717, 1.165) is 30.4 Å². The summed E-state index contributed by atoms with van der Waals surface area (Å²) in [5, 5.41) is 6.30. The van der Waals surface area contributed by atoms with Gasteiger partial charge >= 0.3 is 0 Å². The van der Waals surface area contributed by atoms with E-state index in [0.29, 0.717) is 12.4 Å². The minimum atomic E-state index is 0.663. The Labute approximate surface area is 119 Å². The summed E-state index contributed by atoms with van der Waals surface area (Å²) in [6, 6.07) is 11.8. The van der Waals surface area contributed by atoms with Gasteiger partial charge in [0.2, 0.25) is 0 Å². The molecular weight excluding hydrogens is 252 g/mol. The van der Waals surface area contributed by atoms with Gasteiger partial charge in [0.1, 0.15) is 11.6 Å². The van der Waals surface area contributed by atoms with Crippen LogP contribution in [0.1, 0.15) is 6.92 Å². The van der Waals surface area contributed by atoms with Gasteiger partial charge in [0, 0.05) is 31.8 Å². The highest BCUT2D eigenvalue weighted by Gasteiger charge is 2.05. The van der Waals surface area contributed by atoms with Crippen molar-refractivity contribution >= 4 is 11.6 Å². The average Bonchev–Trinajstić information content (AvgIpc) is 2.52. The molecule has 2 aromatic rings. The van der Waals surface area contributed by atoms with Crippen molar-refractivity contribution in [2.75, 3.05) is 37.4 Å². The molecule has 0 aliphatic rings. The zero-order valence-electron chi connectivity index (χ0n) is 11.9. The Bertz CT molecular complexity index is 531. The number of hydrogen-bond donors (Lipinski definition) is 2. The van der Waals surface area contributed by atoms with Crippen LogP contribution in [0.15, 0.2) is 36.4 Å². The van der Waals surface area contributed by atoms with Crippen LogP contribution >= 0.6 is 0 Å². The van der Waals surface area contributed by atoms with Crippen molar-refractivity contribution in [3.05, 3.63) is 36.4 Å². The minimum Gasteiger partial charge on any atom is -0.380 e. The predicted octanol–water partition coefficient (Wildman–Crippen LogP) is 2.63. The summed E-state index contributed by atoms with van der Waals surface area (Å²) in [7, 11) is 1.85. The van der Waals surface area contributed by atoms with Crippen LogP contribution in [0.2, 0.25) is 0 Å². The molecule has 0 fully saturated rings. The molecule has 0 atom stereocenters. The molecule has 1 aromatic carbocycles. The van der Waals surface area contributed by atoms with Gasteiger partial charge in [-0.25, -0.2) is 9.97 Å². The van der Waals surface area contributed by atoms with Gasteiger partial charge < -0.3 is 15.4 Å². The lowest BCUT2D eigenvalue weighted by Crippen LogP contribution is -2.11. The lowest BCUT2D eigenvalue weighted by molar-refractivity contribution is 0.158. The fourth-order valence-electron chi connectivity index (χ4n) is 1.78. The summed E-state index contributed by atoms with van der Waals surface area (Å²) in [4.78, 5) is 9.00. The van der Waals surface area contributed by atoms with Crippen molar-refractivity contribution < 1.29 is 4.74 Å². The van der Waals surface area contributed by atoms with E-state index in [1.54, 1.807) is 0 Å². The average molecular weight is 272 g/mol. The normalized spacial score (nSPS) is 10.3. The Morgan fingerprint density at radius 2 is 1.85 bits per heavy atom. The number of rotatable bonds is 7. The monoisotopic (exact) mass is 272 g/mol. The van der Waals surface area contributed by atoms with E-state index in [-0.39, 0.29) is 0 Å². The molecular formula is C15H20N4O. The Kier molecular flexibility index (Phi) is 5.32. The fourth-order valence-corrected chi connectivity index (χ4v) is 1.78. The van der Waals surface area contributed by atoms with Crippen molar-refractivity contribution in [1.82, 2.24) is 9.97 Å². The van der Waals surface area contributed by atoms with Crippen molar-refractivity contribution in [2.45, 2.75) is 6.92 Å². The molecule has 20 heavy (non-hydrogen) atoms. The van der Waals surface area contributed by atoms with Crippen LogP contribution in [0.4, 0.5) is 11.6 Å². The van der Waals surface area contributed by atoms with E-state index < -0.39 is 0 Å². The smallest absolute Gasteiger partial charge is 0.163 e. The molecule has 0 radical (unpaired) electrons. The maximum Gasteiger partial charge on any atom is 0.163 e. The molecule has 0 spiro atoms. The summed E-state index contributed by atoms with van der Waals surface area (Å²) in [5.41, 5.74) is 0.998. The Morgan fingerprint density at radius 1 is 1.10 bits per heavy atom. The van der Waals surface area contributed by atoms with Crippen LogP contribution < -0.4 is 10.6 Å². The number of anilines is 2. The van der Waals surface area contributed by atoms with Gasteiger partial charge in [-0.3, -0.25) is 0 Å². The molecule has 106 valence electrons. The highest BCUT2D eigenvalue weighted by molar-refractivity contribution is 5.61. The highest BCUT2D eigenvalue weighted by Crippen LogP contribution is 2.19. The zero-order valence-corrected chi connectivity index (χ0v) is 11.9. The number of nitrogens with one attached hydrogen (secondary N) is 2. The third-order valence-electron chi connectivity index (χ3n) is 2.77. The van der Waals surface area contributed by atoms with E-state index in [1.165, 1.54) is 0 Å². The molecule has 0 aliphatic carbocycles. The topological polar surface area (TPSA) is 59.1 Å². The molecule has 0 saturated carbocycles. The highest BCUT2D eigenvalue weighted by atomic mass is 16.5. The van der Waals surface area contributed by atoms with E-state index in [1.807, 2.05) is 50.4 Å². The third kappa shape index (κ3) is 3.93. The van der Waals surface area contributed by atoms with Gasteiger partial charge in [-0.15, -0.1) is 0 Å². The summed E-state index contributed by atoms with van der Waals surface area (Å²) in [6.07, 6.45) is 0. The second kappa shape index (κ2) is 7.45. The first-order valence-electron chi connectivity index (χ1n) is 6.77. The van der Waals surface area contributed by atoms with Crippen molar-refractivity contribution in [3.8, 4) is 11.4 Å². The lowest BCUT2D eigenvalue weighted by atomic mass is 10.2. The van der Waals surface area contributed by atoms with Gasteiger partial charge in [-0.1, -0.05) is 30.3 Å². The quantitative estimate of drug-likeness (QED) is 0.759. The first-order valence-corrected chi connectivity index (χ1v) is 6.77. The zero-order chi connectivity index (χ0) is 14.2. The van der Waals surface area contributed by atoms with Crippen molar-refractivity contribution in [2.24, 2.45) is 0 Å². The Hall–Kier alpha value is -2.14. The summed E-state index contributed by atoms with van der Waals surface area (Å²) >= 11 is 0. The molecule has 5 heteroatoms. The van der Waals surface area contributed by atoms with E-state index in [4.69, 9.17) is 4.74 Å². The number of nitrogens with zero attached hydrogens (tertiary/aromatic N) is 2. The number of hydrogen-bond acceptors (Lipinski definition) is 5. The van der Waals surface area contributed by atoms with E-state index in [9.17, 15) is 0 Å². The molecule has 2 rings (SSSR count). The SMILES string of the molecule is CCOCCNc1cc(NC)nc(-c2ccccc2)n1. The number of benzene rings is 1. The van der Waals surface area contributed by atoms with Gasteiger partial charge in [-0.05, 0) is 6.92 Å². The van der Waals surface area contributed by atoms with Crippen LogP contribution in [0.25, 0.3) is 11.4 Å². The van der Waals surface area contributed by atoms with Crippen LogP contribution in [-0.2, 0) is 4.74 Å². The summed E-state index contributed by atoms with van der Waals surface area (Å²) < 4.78 is 5.31. The second-order valence-electron chi connectivity index (χ2n) is 4.20. The maximum absolute atomic E-state index is 5.31. The minimum absolute atomic E-state index is 0.663. The maximum atomic E-state index is 5.31. The first-order chi connectivity index (χ1) is 9.83. The largest absolute Gasteiger partial charge is 0.380 e. The van der Waals surface area contributed by atoms with Gasteiger partial charge in [0.05, 0.1) is 6.61 Å². The van der Waals surface area contributed by atoms with Gasteiger partial charge in [0.25, 0.3) is 0 Å². The van der Waals surface area contributed by atoms with Gasteiger partial charge in [-0.2, -0.15) is 0 Å². The number of ether oxygens (including phenoxy) is 1. The predicted molar refractivity (Wildman–Crippen MR) is 82.0 cm³/mol. The van der Waals surface area contributed by atoms with E-state index in [2.05, 4.69) is 20.6 Å².